The Hall–Kier alpha value is -1.37. The molecule has 1 atom stereocenters. The highest BCUT2D eigenvalue weighted by molar-refractivity contribution is 7.93. The second-order valence-corrected chi connectivity index (χ2v) is 8.39. The fourth-order valence-corrected chi connectivity index (χ4v) is 4.97. The topological polar surface area (TPSA) is 63.2 Å². The van der Waals surface area contributed by atoms with Gasteiger partial charge in [0.15, 0.2) is 9.84 Å². The molecule has 0 aliphatic heterocycles. The number of sulfone groups is 1. The van der Waals surface area contributed by atoms with Crippen LogP contribution in [0.25, 0.3) is 0 Å². The van der Waals surface area contributed by atoms with E-state index < -0.39 is 15.1 Å². The van der Waals surface area contributed by atoms with Gasteiger partial charge in [-0.05, 0) is 23.9 Å². The molecule has 0 fully saturated rings. The summed E-state index contributed by atoms with van der Waals surface area (Å²) in [6, 6.07) is 10.5. The summed E-state index contributed by atoms with van der Waals surface area (Å²) in [6.45, 7) is 1.93. The molecule has 7 heteroatoms. The summed E-state index contributed by atoms with van der Waals surface area (Å²) in [7, 11) is -3.57. The molecule has 2 rings (SSSR count). The van der Waals surface area contributed by atoms with Gasteiger partial charge in [-0.15, -0.1) is 22.9 Å². The molecule has 0 aliphatic carbocycles. The predicted molar refractivity (Wildman–Crippen MR) is 89.2 cm³/mol. The molecule has 0 radical (unpaired) electrons. The summed E-state index contributed by atoms with van der Waals surface area (Å²) in [5.41, 5.74) is 1.69. The van der Waals surface area contributed by atoms with Crippen LogP contribution in [0.1, 0.15) is 16.4 Å². The van der Waals surface area contributed by atoms with Crippen LogP contribution >= 0.6 is 22.9 Å². The van der Waals surface area contributed by atoms with Crippen molar-refractivity contribution in [2.75, 3.05) is 12.4 Å². The van der Waals surface area contributed by atoms with Crippen LogP contribution in [-0.2, 0) is 14.6 Å². The van der Waals surface area contributed by atoms with Gasteiger partial charge in [-0.25, -0.2) is 8.42 Å². The standard InChI is InChI=1S/C15H16ClNO3S2/c1-11-4-6-12(7-5-11)13(10-17-14(18)9-16)22(19,20)15-3-2-8-21-15/h2-8,13H,9-10H2,1H3,(H,17,18)/t13-/m0/s1. The van der Waals surface area contributed by atoms with Crippen molar-refractivity contribution in [1.82, 2.24) is 5.32 Å². The zero-order valence-corrected chi connectivity index (χ0v) is 14.3. The Morgan fingerprint density at radius 3 is 2.50 bits per heavy atom. The Kier molecular flexibility index (Phi) is 5.61. The first-order valence-corrected chi connectivity index (χ1v) is 9.58. The van der Waals surface area contributed by atoms with Crippen molar-refractivity contribution in [3.8, 4) is 0 Å². The number of amides is 1. The lowest BCUT2D eigenvalue weighted by Crippen LogP contribution is -2.32. The van der Waals surface area contributed by atoms with E-state index in [4.69, 9.17) is 11.6 Å². The molecular formula is C15H16ClNO3S2. The largest absolute Gasteiger partial charge is 0.353 e. The highest BCUT2D eigenvalue weighted by Crippen LogP contribution is 2.31. The average Bonchev–Trinajstić information content (AvgIpc) is 3.04. The molecule has 0 bridgehead atoms. The molecule has 1 heterocycles. The molecule has 0 unspecified atom stereocenters. The smallest absolute Gasteiger partial charge is 0.234 e. The Bertz CT molecular complexity index is 725. The maximum absolute atomic E-state index is 12.8. The number of hydrogen-bond donors (Lipinski definition) is 1. The summed E-state index contributed by atoms with van der Waals surface area (Å²) in [5, 5.41) is 3.45. The molecule has 1 aromatic carbocycles. The minimum atomic E-state index is -3.57. The second-order valence-electron chi connectivity index (χ2n) is 4.81. The quantitative estimate of drug-likeness (QED) is 0.808. The van der Waals surface area contributed by atoms with Crippen molar-refractivity contribution >= 4 is 38.7 Å². The van der Waals surface area contributed by atoms with E-state index in [9.17, 15) is 13.2 Å². The number of alkyl halides is 1. The van der Waals surface area contributed by atoms with E-state index in [-0.39, 0.29) is 22.5 Å². The fourth-order valence-electron chi connectivity index (χ4n) is 2.01. The van der Waals surface area contributed by atoms with E-state index in [0.717, 1.165) is 5.56 Å². The Labute approximate surface area is 139 Å². The van der Waals surface area contributed by atoms with Crippen LogP contribution in [0.15, 0.2) is 46.0 Å². The second kappa shape index (κ2) is 7.26. The van der Waals surface area contributed by atoms with Crippen LogP contribution in [0, 0.1) is 6.92 Å². The van der Waals surface area contributed by atoms with Crippen LogP contribution in [0.4, 0.5) is 0 Å². The number of benzene rings is 1. The summed E-state index contributed by atoms with van der Waals surface area (Å²) in [6.07, 6.45) is 0. The van der Waals surface area contributed by atoms with E-state index in [2.05, 4.69) is 5.32 Å². The van der Waals surface area contributed by atoms with Crippen molar-refractivity contribution in [2.45, 2.75) is 16.4 Å². The lowest BCUT2D eigenvalue weighted by atomic mass is 10.1. The van der Waals surface area contributed by atoms with Crippen LogP contribution < -0.4 is 5.32 Å². The molecule has 1 aromatic heterocycles. The maximum Gasteiger partial charge on any atom is 0.234 e. The number of carbonyl (C=O) groups excluding carboxylic acids is 1. The third kappa shape index (κ3) is 3.88. The molecule has 0 spiro atoms. The zero-order valence-electron chi connectivity index (χ0n) is 12.0. The summed E-state index contributed by atoms with van der Waals surface area (Å²) >= 11 is 6.63. The SMILES string of the molecule is Cc1ccc([C@H](CNC(=O)CCl)S(=O)(=O)c2cccs2)cc1. The number of hydrogen-bond acceptors (Lipinski definition) is 4. The molecule has 22 heavy (non-hydrogen) atoms. The van der Waals surface area contributed by atoms with Gasteiger partial charge in [-0.2, -0.15) is 0 Å². The van der Waals surface area contributed by atoms with Gasteiger partial charge in [-0.1, -0.05) is 35.9 Å². The maximum atomic E-state index is 12.8. The Balaban J connectivity index is 2.37. The first-order chi connectivity index (χ1) is 10.4. The number of aryl methyl sites for hydroxylation is 1. The van der Waals surface area contributed by atoms with Crippen LogP contribution in [0.2, 0.25) is 0 Å². The van der Waals surface area contributed by atoms with Crippen LogP contribution in [0.5, 0.6) is 0 Å². The van der Waals surface area contributed by atoms with Crippen LogP contribution in [-0.4, -0.2) is 26.7 Å². The van der Waals surface area contributed by atoms with Gasteiger partial charge in [0.25, 0.3) is 0 Å². The molecule has 0 aliphatic rings. The zero-order chi connectivity index (χ0) is 16.2. The van der Waals surface area contributed by atoms with E-state index in [1.54, 1.807) is 29.6 Å². The third-order valence-electron chi connectivity index (χ3n) is 3.21. The summed E-state index contributed by atoms with van der Waals surface area (Å²) in [4.78, 5) is 11.4. The molecule has 118 valence electrons. The van der Waals surface area contributed by atoms with Gasteiger partial charge in [-0.3, -0.25) is 4.79 Å². The van der Waals surface area contributed by atoms with E-state index in [0.29, 0.717) is 5.56 Å². The van der Waals surface area contributed by atoms with Gasteiger partial charge in [0.2, 0.25) is 5.91 Å². The van der Waals surface area contributed by atoms with Gasteiger partial charge in [0.05, 0.1) is 0 Å². The summed E-state index contributed by atoms with van der Waals surface area (Å²) < 4.78 is 25.9. The minimum Gasteiger partial charge on any atom is -0.353 e. The number of rotatable bonds is 6. The lowest BCUT2D eigenvalue weighted by molar-refractivity contribution is -0.118. The normalized spacial score (nSPS) is 12.8. The van der Waals surface area contributed by atoms with Gasteiger partial charge in [0, 0.05) is 6.54 Å². The highest BCUT2D eigenvalue weighted by Gasteiger charge is 2.30. The summed E-state index contributed by atoms with van der Waals surface area (Å²) in [5.74, 6) is -0.584. The fraction of sp³-hybridized carbons (Fsp3) is 0.267. The van der Waals surface area contributed by atoms with Crippen molar-refractivity contribution in [2.24, 2.45) is 0 Å². The average molecular weight is 358 g/mol. The first-order valence-electron chi connectivity index (χ1n) is 6.62. The molecule has 4 nitrogen and oxygen atoms in total. The number of thiophene rings is 1. The molecule has 1 N–H and O–H groups in total. The van der Waals surface area contributed by atoms with Crippen molar-refractivity contribution < 1.29 is 13.2 Å². The molecular weight excluding hydrogens is 342 g/mol. The Morgan fingerprint density at radius 2 is 1.95 bits per heavy atom. The van der Waals surface area contributed by atoms with Crippen molar-refractivity contribution in [3.63, 3.8) is 0 Å². The van der Waals surface area contributed by atoms with Crippen LogP contribution in [0.3, 0.4) is 0 Å². The number of carbonyl (C=O) groups is 1. The monoisotopic (exact) mass is 357 g/mol. The highest BCUT2D eigenvalue weighted by atomic mass is 35.5. The lowest BCUT2D eigenvalue weighted by Gasteiger charge is -2.18. The minimum absolute atomic E-state index is 0.00511. The number of halogens is 1. The van der Waals surface area contributed by atoms with Gasteiger partial charge >= 0.3 is 0 Å². The van der Waals surface area contributed by atoms with Gasteiger partial charge < -0.3 is 5.32 Å². The van der Waals surface area contributed by atoms with E-state index in [1.807, 2.05) is 19.1 Å². The molecule has 0 saturated carbocycles. The number of nitrogens with one attached hydrogen (secondary N) is 1. The predicted octanol–water partition coefficient (Wildman–Crippen LogP) is 2.93. The molecule has 0 saturated heterocycles. The van der Waals surface area contributed by atoms with Crippen molar-refractivity contribution in [1.29, 1.82) is 0 Å². The van der Waals surface area contributed by atoms with Gasteiger partial charge in [0.1, 0.15) is 15.3 Å². The van der Waals surface area contributed by atoms with E-state index in [1.165, 1.54) is 11.3 Å². The van der Waals surface area contributed by atoms with Crippen molar-refractivity contribution in [3.05, 3.63) is 52.9 Å². The first kappa shape index (κ1) is 17.0. The Morgan fingerprint density at radius 1 is 1.27 bits per heavy atom. The van der Waals surface area contributed by atoms with E-state index >= 15 is 0 Å². The third-order valence-corrected chi connectivity index (χ3v) is 6.98. The molecule has 2 aromatic rings. The molecule has 1 amide bonds.